The molecule has 0 aliphatic heterocycles. The van der Waals surface area contributed by atoms with Crippen LogP contribution in [0.25, 0.3) is 11.1 Å². The van der Waals surface area contributed by atoms with Crippen molar-refractivity contribution in [1.82, 2.24) is 9.88 Å². The predicted octanol–water partition coefficient (Wildman–Crippen LogP) is 3.99. The van der Waals surface area contributed by atoms with Crippen LogP contribution >= 0.6 is 0 Å². The molecule has 0 spiro atoms. The molecule has 0 bridgehead atoms. The van der Waals surface area contributed by atoms with Crippen LogP contribution in [0.4, 0.5) is 0 Å². The second kappa shape index (κ2) is 8.80. The fraction of sp³-hybridized carbons (Fsp3) is 0.409. The number of amides is 1. The molecule has 1 heterocycles. The lowest BCUT2D eigenvalue weighted by molar-refractivity contribution is -0.145. The van der Waals surface area contributed by atoms with Crippen molar-refractivity contribution in [2.75, 3.05) is 6.54 Å². The van der Waals surface area contributed by atoms with Crippen molar-refractivity contribution in [2.24, 2.45) is 11.8 Å². The molecule has 2 atom stereocenters. The van der Waals surface area contributed by atoms with Gasteiger partial charge in [-0.05, 0) is 61.1 Å². The molecule has 1 aliphatic rings. The number of hydrogen-bond acceptors (Lipinski definition) is 3. The van der Waals surface area contributed by atoms with Crippen molar-refractivity contribution < 1.29 is 14.7 Å². The lowest BCUT2D eigenvalue weighted by Crippen LogP contribution is -2.38. The molecule has 5 nitrogen and oxygen atoms in total. The molecule has 0 radical (unpaired) electrons. The minimum atomic E-state index is -0.777. The van der Waals surface area contributed by atoms with E-state index in [1.165, 1.54) is 0 Å². The molecule has 2 unspecified atom stereocenters. The number of rotatable bonds is 6. The molecule has 1 N–H and O–H groups in total. The molecule has 1 aliphatic carbocycles. The van der Waals surface area contributed by atoms with Crippen molar-refractivity contribution in [3.05, 3.63) is 54.4 Å². The van der Waals surface area contributed by atoms with Crippen LogP contribution < -0.4 is 0 Å². The van der Waals surface area contributed by atoms with E-state index in [2.05, 4.69) is 17.1 Å². The maximum Gasteiger partial charge on any atom is 0.306 e. The third-order valence-electron chi connectivity index (χ3n) is 5.38. The highest BCUT2D eigenvalue weighted by Gasteiger charge is 2.32. The van der Waals surface area contributed by atoms with Crippen molar-refractivity contribution >= 4 is 11.9 Å². The molecule has 1 saturated carbocycles. The summed E-state index contributed by atoms with van der Waals surface area (Å²) in [5.41, 5.74) is 3.27. The van der Waals surface area contributed by atoms with Crippen LogP contribution in [0.15, 0.2) is 48.8 Å². The first-order valence-corrected chi connectivity index (χ1v) is 9.59. The Morgan fingerprint density at radius 2 is 1.85 bits per heavy atom. The third kappa shape index (κ3) is 4.73. The lowest BCUT2D eigenvalue weighted by atomic mass is 9.80. The minimum absolute atomic E-state index is 0.0813. The second-order valence-corrected chi connectivity index (χ2v) is 7.19. The Bertz CT molecular complexity index is 791. The molecule has 1 aromatic carbocycles. The van der Waals surface area contributed by atoms with Gasteiger partial charge in [-0.3, -0.25) is 14.6 Å². The minimum Gasteiger partial charge on any atom is -0.481 e. The Hall–Kier alpha value is -2.69. The van der Waals surface area contributed by atoms with Crippen LogP contribution in [0, 0.1) is 11.8 Å². The topological polar surface area (TPSA) is 70.5 Å². The van der Waals surface area contributed by atoms with Gasteiger partial charge in [-0.2, -0.15) is 0 Å². The maximum absolute atomic E-state index is 13.0. The smallest absolute Gasteiger partial charge is 0.306 e. The van der Waals surface area contributed by atoms with Crippen LogP contribution in [0.2, 0.25) is 0 Å². The van der Waals surface area contributed by atoms with Crippen molar-refractivity contribution in [3.63, 3.8) is 0 Å². The molecule has 27 heavy (non-hydrogen) atoms. The fourth-order valence-electron chi connectivity index (χ4n) is 3.86. The number of carboxylic acids is 1. The molecule has 5 heteroatoms. The van der Waals surface area contributed by atoms with Gasteiger partial charge in [-0.15, -0.1) is 0 Å². The summed E-state index contributed by atoms with van der Waals surface area (Å²) in [4.78, 5) is 30.2. The number of nitrogens with zero attached hydrogens (tertiary/aromatic N) is 2. The predicted molar refractivity (Wildman–Crippen MR) is 104 cm³/mol. The summed E-state index contributed by atoms with van der Waals surface area (Å²) in [5, 5.41) is 9.28. The fourth-order valence-corrected chi connectivity index (χ4v) is 3.86. The van der Waals surface area contributed by atoms with Gasteiger partial charge in [0.15, 0.2) is 0 Å². The van der Waals surface area contributed by atoms with Gasteiger partial charge in [-0.25, -0.2) is 0 Å². The SMILES string of the molecule is CCN(Cc1cccc(-c2ccncc2)c1)C(=O)C1CCCC(C(=O)O)C1. The van der Waals surface area contributed by atoms with Crippen LogP contribution in [-0.4, -0.2) is 33.4 Å². The third-order valence-corrected chi connectivity index (χ3v) is 5.38. The van der Waals surface area contributed by atoms with Gasteiger partial charge in [0.25, 0.3) is 0 Å². The van der Waals surface area contributed by atoms with E-state index in [-0.39, 0.29) is 17.7 Å². The lowest BCUT2D eigenvalue weighted by Gasteiger charge is -2.31. The molecule has 0 saturated heterocycles. The normalized spacial score (nSPS) is 19.4. The number of hydrogen-bond donors (Lipinski definition) is 1. The van der Waals surface area contributed by atoms with Gasteiger partial charge in [0, 0.05) is 31.4 Å². The number of pyridine rings is 1. The monoisotopic (exact) mass is 366 g/mol. The van der Waals surface area contributed by atoms with E-state index in [1.807, 2.05) is 36.1 Å². The number of carbonyl (C=O) groups is 2. The molecule has 1 amide bonds. The molecule has 1 aromatic heterocycles. The molecular formula is C22H26N2O3. The van der Waals surface area contributed by atoms with Gasteiger partial charge < -0.3 is 10.0 Å². The van der Waals surface area contributed by atoms with Crippen LogP contribution in [0.1, 0.15) is 38.2 Å². The Labute approximate surface area is 160 Å². The van der Waals surface area contributed by atoms with Gasteiger partial charge >= 0.3 is 5.97 Å². The first-order chi connectivity index (χ1) is 13.1. The Kier molecular flexibility index (Phi) is 6.22. The molecule has 1 fully saturated rings. The largest absolute Gasteiger partial charge is 0.481 e. The van der Waals surface area contributed by atoms with Crippen molar-refractivity contribution in [3.8, 4) is 11.1 Å². The maximum atomic E-state index is 13.0. The summed E-state index contributed by atoms with van der Waals surface area (Å²) in [6.45, 7) is 3.14. The van der Waals surface area contributed by atoms with E-state index in [9.17, 15) is 14.7 Å². The summed E-state index contributed by atoms with van der Waals surface area (Å²) in [5.74, 6) is -1.26. The first kappa shape index (κ1) is 19.1. The van der Waals surface area contributed by atoms with E-state index in [4.69, 9.17) is 0 Å². The van der Waals surface area contributed by atoms with Crippen molar-refractivity contribution in [2.45, 2.75) is 39.2 Å². The number of aliphatic carboxylic acids is 1. The average molecular weight is 366 g/mol. The molecule has 142 valence electrons. The number of carbonyl (C=O) groups excluding carboxylic acids is 1. The van der Waals surface area contributed by atoms with E-state index in [0.29, 0.717) is 25.9 Å². The molecular weight excluding hydrogens is 340 g/mol. The summed E-state index contributed by atoms with van der Waals surface area (Å²) in [6.07, 6.45) is 6.28. The Morgan fingerprint density at radius 3 is 2.56 bits per heavy atom. The first-order valence-electron chi connectivity index (χ1n) is 9.59. The van der Waals surface area contributed by atoms with Crippen LogP contribution in [0.3, 0.4) is 0 Å². The van der Waals surface area contributed by atoms with E-state index in [0.717, 1.165) is 29.5 Å². The zero-order chi connectivity index (χ0) is 19.2. The average Bonchev–Trinajstić information content (AvgIpc) is 2.72. The summed E-state index contributed by atoms with van der Waals surface area (Å²) < 4.78 is 0. The number of aromatic nitrogens is 1. The number of carboxylic acid groups (broad SMARTS) is 1. The number of benzene rings is 1. The van der Waals surface area contributed by atoms with E-state index >= 15 is 0 Å². The Morgan fingerprint density at radius 1 is 1.11 bits per heavy atom. The summed E-state index contributed by atoms with van der Waals surface area (Å²) in [6, 6.07) is 12.1. The van der Waals surface area contributed by atoms with Crippen LogP contribution in [0.5, 0.6) is 0 Å². The second-order valence-electron chi connectivity index (χ2n) is 7.19. The van der Waals surface area contributed by atoms with Gasteiger partial charge in [0.1, 0.15) is 0 Å². The summed E-state index contributed by atoms with van der Waals surface area (Å²) in [7, 11) is 0. The highest BCUT2D eigenvalue weighted by atomic mass is 16.4. The highest BCUT2D eigenvalue weighted by Crippen LogP contribution is 2.31. The highest BCUT2D eigenvalue weighted by molar-refractivity contribution is 5.80. The zero-order valence-corrected chi connectivity index (χ0v) is 15.7. The van der Waals surface area contributed by atoms with Gasteiger partial charge in [0.2, 0.25) is 5.91 Å². The molecule has 2 aromatic rings. The van der Waals surface area contributed by atoms with E-state index in [1.54, 1.807) is 12.4 Å². The van der Waals surface area contributed by atoms with E-state index < -0.39 is 5.97 Å². The summed E-state index contributed by atoms with van der Waals surface area (Å²) >= 11 is 0. The standard InChI is InChI=1S/C22H26N2O3/c1-2-24(21(25)19-7-4-8-20(14-19)22(26)27)15-16-5-3-6-18(13-16)17-9-11-23-12-10-17/h3,5-6,9-13,19-20H,2,4,7-8,14-15H2,1H3,(H,26,27). The van der Waals surface area contributed by atoms with Crippen molar-refractivity contribution in [1.29, 1.82) is 0 Å². The quantitative estimate of drug-likeness (QED) is 0.839. The van der Waals surface area contributed by atoms with Crippen LogP contribution in [-0.2, 0) is 16.1 Å². The Balaban J connectivity index is 1.71. The molecule has 3 rings (SSSR count). The van der Waals surface area contributed by atoms with Gasteiger partial charge in [-0.1, -0.05) is 24.6 Å². The zero-order valence-electron chi connectivity index (χ0n) is 15.7. The van der Waals surface area contributed by atoms with Gasteiger partial charge in [0.05, 0.1) is 5.92 Å².